The zero-order valence-corrected chi connectivity index (χ0v) is 17.4. The first-order valence-corrected chi connectivity index (χ1v) is 9.51. The van der Waals surface area contributed by atoms with Gasteiger partial charge in [-0.2, -0.15) is 0 Å². The molecular weight excluding hydrogens is 354 g/mol. The SMILES string of the molecule is COc1ccc2cc(/C=C/C(=O)O[C@H](C)C(=O)N(C(C)C)C(C)C)ccc2c1. The minimum Gasteiger partial charge on any atom is -0.497 e. The number of amides is 1. The third-order valence-electron chi connectivity index (χ3n) is 4.49. The standard InChI is InChI=1S/C23H29NO4/c1-15(2)24(16(3)4)23(26)17(5)28-22(25)12-8-18-7-9-20-14-21(27-6)11-10-19(20)13-18/h7-17H,1-6H3/b12-8+/t17-/m1/s1. The monoisotopic (exact) mass is 383 g/mol. The fourth-order valence-electron chi connectivity index (χ4n) is 3.22. The van der Waals surface area contributed by atoms with Crippen molar-refractivity contribution in [3.05, 3.63) is 48.0 Å². The van der Waals surface area contributed by atoms with E-state index in [0.29, 0.717) is 0 Å². The lowest BCUT2D eigenvalue weighted by Crippen LogP contribution is -2.47. The van der Waals surface area contributed by atoms with Crippen molar-refractivity contribution < 1.29 is 19.1 Å². The number of fused-ring (bicyclic) bond motifs is 1. The molecule has 1 atom stereocenters. The summed E-state index contributed by atoms with van der Waals surface area (Å²) in [5.41, 5.74) is 0.875. The average Bonchev–Trinajstić information content (AvgIpc) is 2.65. The highest BCUT2D eigenvalue weighted by atomic mass is 16.5. The maximum atomic E-state index is 12.5. The lowest BCUT2D eigenvalue weighted by Gasteiger charge is -2.32. The maximum Gasteiger partial charge on any atom is 0.331 e. The van der Waals surface area contributed by atoms with Gasteiger partial charge in [-0.05, 0) is 75.2 Å². The number of benzene rings is 2. The molecule has 0 spiro atoms. The Hall–Kier alpha value is -2.82. The van der Waals surface area contributed by atoms with Crippen LogP contribution in [0, 0.1) is 0 Å². The van der Waals surface area contributed by atoms with Gasteiger partial charge in [0.25, 0.3) is 5.91 Å². The zero-order chi connectivity index (χ0) is 20.8. The van der Waals surface area contributed by atoms with E-state index < -0.39 is 12.1 Å². The molecule has 1 amide bonds. The van der Waals surface area contributed by atoms with Crippen LogP contribution in [0.3, 0.4) is 0 Å². The molecule has 2 rings (SSSR count). The highest BCUT2D eigenvalue weighted by Gasteiger charge is 2.27. The lowest BCUT2D eigenvalue weighted by molar-refractivity contribution is -0.157. The van der Waals surface area contributed by atoms with Gasteiger partial charge in [-0.25, -0.2) is 4.79 Å². The molecule has 0 unspecified atom stereocenters. The van der Waals surface area contributed by atoms with Crippen LogP contribution in [0.1, 0.15) is 40.2 Å². The van der Waals surface area contributed by atoms with E-state index in [4.69, 9.17) is 9.47 Å². The molecule has 0 bridgehead atoms. The molecule has 28 heavy (non-hydrogen) atoms. The number of carbonyl (C=O) groups excluding carboxylic acids is 2. The molecule has 0 saturated heterocycles. The molecule has 0 aliphatic heterocycles. The fraction of sp³-hybridized carbons (Fsp3) is 0.391. The fourth-order valence-corrected chi connectivity index (χ4v) is 3.22. The second kappa shape index (κ2) is 9.40. The van der Waals surface area contributed by atoms with Crippen molar-refractivity contribution in [1.29, 1.82) is 0 Å². The number of esters is 1. The molecule has 0 heterocycles. The van der Waals surface area contributed by atoms with Gasteiger partial charge < -0.3 is 14.4 Å². The van der Waals surface area contributed by atoms with Gasteiger partial charge in [0.05, 0.1) is 7.11 Å². The van der Waals surface area contributed by atoms with Crippen molar-refractivity contribution in [2.24, 2.45) is 0 Å². The topological polar surface area (TPSA) is 55.8 Å². The molecule has 5 heteroatoms. The summed E-state index contributed by atoms with van der Waals surface area (Å²) in [6.07, 6.45) is 2.21. The lowest BCUT2D eigenvalue weighted by atomic mass is 10.1. The second-order valence-corrected chi connectivity index (χ2v) is 7.32. The summed E-state index contributed by atoms with van der Waals surface area (Å²) in [6.45, 7) is 9.39. The normalized spacial score (nSPS) is 12.6. The molecule has 0 aliphatic carbocycles. The number of hydrogen-bond acceptors (Lipinski definition) is 4. The molecule has 0 saturated carbocycles. The Balaban J connectivity index is 2.04. The van der Waals surface area contributed by atoms with E-state index in [1.165, 1.54) is 6.08 Å². The predicted octanol–water partition coefficient (Wildman–Crippen LogP) is 4.44. The summed E-state index contributed by atoms with van der Waals surface area (Å²) in [4.78, 5) is 26.4. The number of hydrogen-bond donors (Lipinski definition) is 0. The highest BCUT2D eigenvalue weighted by Crippen LogP contribution is 2.22. The predicted molar refractivity (Wildman–Crippen MR) is 112 cm³/mol. The van der Waals surface area contributed by atoms with Crippen LogP contribution >= 0.6 is 0 Å². The summed E-state index contributed by atoms with van der Waals surface area (Å²) in [7, 11) is 1.64. The zero-order valence-electron chi connectivity index (χ0n) is 17.4. The van der Waals surface area contributed by atoms with Gasteiger partial charge >= 0.3 is 5.97 Å². The van der Waals surface area contributed by atoms with Crippen molar-refractivity contribution in [2.45, 2.75) is 52.8 Å². The minimum atomic E-state index is -0.828. The Morgan fingerprint density at radius 3 is 2.14 bits per heavy atom. The first kappa shape index (κ1) is 21.5. The van der Waals surface area contributed by atoms with Gasteiger partial charge in [0.15, 0.2) is 6.10 Å². The first-order valence-electron chi connectivity index (χ1n) is 9.51. The smallest absolute Gasteiger partial charge is 0.331 e. The molecule has 0 radical (unpaired) electrons. The number of nitrogens with zero attached hydrogens (tertiary/aromatic N) is 1. The number of carbonyl (C=O) groups is 2. The van der Waals surface area contributed by atoms with Crippen LogP contribution in [-0.2, 0) is 14.3 Å². The van der Waals surface area contributed by atoms with E-state index in [1.54, 1.807) is 25.0 Å². The largest absolute Gasteiger partial charge is 0.497 e. The third kappa shape index (κ3) is 5.35. The van der Waals surface area contributed by atoms with Crippen molar-refractivity contribution >= 4 is 28.7 Å². The number of methoxy groups -OCH3 is 1. The highest BCUT2D eigenvalue weighted by molar-refractivity contribution is 5.92. The second-order valence-electron chi connectivity index (χ2n) is 7.32. The van der Waals surface area contributed by atoms with E-state index in [1.807, 2.05) is 64.1 Å². The molecule has 0 aliphatic rings. The van der Waals surface area contributed by atoms with Crippen molar-refractivity contribution in [1.82, 2.24) is 4.90 Å². The maximum absolute atomic E-state index is 12.5. The molecule has 0 aromatic heterocycles. The van der Waals surface area contributed by atoms with Gasteiger partial charge in [-0.1, -0.05) is 18.2 Å². The molecule has 2 aromatic carbocycles. The third-order valence-corrected chi connectivity index (χ3v) is 4.49. The number of rotatable bonds is 7. The Morgan fingerprint density at radius 1 is 0.929 bits per heavy atom. The Bertz CT molecular complexity index is 862. The van der Waals surface area contributed by atoms with Crippen LogP contribution in [0.15, 0.2) is 42.5 Å². The van der Waals surface area contributed by atoms with E-state index >= 15 is 0 Å². The van der Waals surface area contributed by atoms with Gasteiger partial charge in [-0.3, -0.25) is 4.79 Å². The first-order chi connectivity index (χ1) is 13.2. The summed E-state index contributed by atoms with van der Waals surface area (Å²) in [6, 6.07) is 11.8. The molecule has 5 nitrogen and oxygen atoms in total. The van der Waals surface area contributed by atoms with Crippen molar-refractivity contribution in [3.8, 4) is 5.75 Å². The van der Waals surface area contributed by atoms with Crippen molar-refractivity contribution in [3.63, 3.8) is 0 Å². The number of ether oxygens (including phenoxy) is 2. The average molecular weight is 383 g/mol. The van der Waals surface area contributed by atoms with E-state index in [0.717, 1.165) is 22.1 Å². The molecule has 150 valence electrons. The Labute approximate surface area is 166 Å². The van der Waals surface area contributed by atoms with Gasteiger partial charge in [0.1, 0.15) is 5.75 Å². The molecule has 0 N–H and O–H groups in total. The summed E-state index contributed by atoms with van der Waals surface area (Å²) < 4.78 is 10.5. The van der Waals surface area contributed by atoms with Crippen LogP contribution in [0.25, 0.3) is 16.8 Å². The van der Waals surface area contributed by atoms with Crippen LogP contribution in [-0.4, -0.2) is 42.1 Å². The minimum absolute atomic E-state index is 0.0421. The van der Waals surface area contributed by atoms with Crippen LogP contribution in [0.2, 0.25) is 0 Å². The van der Waals surface area contributed by atoms with E-state index in [-0.39, 0.29) is 18.0 Å². The van der Waals surface area contributed by atoms with E-state index in [9.17, 15) is 9.59 Å². The Morgan fingerprint density at radius 2 is 1.54 bits per heavy atom. The molecular formula is C23H29NO4. The van der Waals surface area contributed by atoms with Gasteiger partial charge in [-0.15, -0.1) is 0 Å². The van der Waals surface area contributed by atoms with E-state index in [2.05, 4.69) is 0 Å². The van der Waals surface area contributed by atoms with Gasteiger partial charge in [0.2, 0.25) is 0 Å². The van der Waals surface area contributed by atoms with Crippen molar-refractivity contribution in [2.75, 3.05) is 7.11 Å². The molecule has 0 fully saturated rings. The summed E-state index contributed by atoms with van der Waals surface area (Å²) in [5, 5.41) is 2.10. The quantitative estimate of drug-likeness (QED) is 0.524. The van der Waals surface area contributed by atoms with Crippen LogP contribution in [0.5, 0.6) is 5.75 Å². The summed E-state index contributed by atoms with van der Waals surface area (Å²) >= 11 is 0. The molecule has 2 aromatic rings. The summed E-state index contributed by atoms with van der Waals surface area (Å²) in [5.74, 6) is 0.0735. The van der Waals surface area contributed by atoms with Crippen LogP contribution < -0.4 is 4.74 Å². The van der Waals surface area contributed by atoms with Crippen LogP contribution in [0.4, 0.5) is 0 Å². The van der Waals surface area contributed by atoms with Gasteiger partial charge in [0, 0.05) is 18.2 Å². The Kier molecular flexibility index (Phi) is 7.21.